The van der Waals surface area contributed by atoms with Gasteiger partial charge in [-0.3, -0.25) is 9.59 Å². The van der Waals surface area contributed by atoms with Gasteiger partial charge in [0.25, 0.3) is 0 Å². The molecule has 2 amide bonds. The zero-order valence-electron chi connectivity index (χ0n) is 11.5. The summed E-state index contributed by atoms with van der Waals surface area (Å²) in [5.41, 5.74) is 5.31. The number of hydrogen-bond acceptors (Lipinski definition) is 3. The highest BCUT2D eigenvalue weighted by Gasteiger charge is 2.27. The van der Waals surface area contributed by atoms with Crippen LogP contribution in [0.4, 0.5) is 0 Å². The van der Waals surface area contributed by atoms with Gasteiger partial charge in [0, 0.05) is 13.1 Å². The summed E-state index contributed by atoms with van der Waals surface area (Å²) >= 11 is 0. The van der Waals surface area contributed by atoms with Gasteiger partial charge in [-0.05, 0) is 25.7 Å². The Hall–Kier alpha value is -1.10. The fourth-order valence-electron chi connectivity index (χ4n) is 2.95. The molecule has 2 rings (SSSR count). The van der Waals surface area contributed by atoms with E-state index in [2.05, 4.69) is 0 Å². The number of likely N-dealkylation sites (tertiary alicyclic amines) is 1. The third-order valence-electron chi connectivity index (χ3n) is 4.17. The van der Waals surface area contributed by atoms with Crippen LogP contribution in [-0.2, 0) is 14.3 Å². The van der Waals surface area contributed by atoms with Gasteiger partial charge in [0.05, 0.1) is 12.0 Å². The van der Waals surface area contributed by atoms with Gasteiger partial charge in [0.1, 0.15) is 6.61 Å². The van der Waals surface area contributed by atoms with Crippen LogP contribution >= 0.6 is 0 Å². The molecule has 1 saturated carbocycles. The summed E-state index contributed by atoms with van der Waals surface area (Å²) in [4.78, 5) is 25.0. The number of primary amides is 1. The normalized spacial score (nSPS) is 25.3. The van der Waals surface area contributed by atoms with Crippen molar-refractivity contribution in [3.05, 3.63) is 0 Å². The molecule has 5 heteroatoms. The molecule has 0 aromatic rings. The molecule has 5 nitrogen and oxygen atoms in total. The van der Waals surface area contributed by atoms with Crippen LogP contribution in [0, 0.1) is 5.92 Å². The predicted molar refractivity (Wildman–Crippen MR) is 71.3 cm³/mol. The maximum atomic E-state index is 12.1. The van der Waals surface area contributed by atoms with Crippen molar-refractivity contribution in [3.8, 4) is 0 Å². The highest BCUT2D eigenvalue weighted by atomic mass is 16.5. The van der Waals surface area contributed by atoms with Gasteiger partial charge >= 0.3 is 0 Å². The van der Waals surface area contributed by atoms with Crippen molar-refractivity contribution in [1.82, 2.24) is 4.90 Å². The summed E-state index contributed by atoms with van der Waals surface area (Å²) in [5, 5.41) is 0. The molecule has 0 bridgehead atoms. The molecule has 1 aliphatic heterocycles. The van der Waals surface area contributed by atoms with E-state index in [1.807, 2.05) is 0 Å². The van der Waals surface area contributed by atoms with Crippen LogP contribution in [-0.4, -0.2) is 42.5 Å². The number of carbonyl (C=O) groups is 2. The maximum absolute atomic E-state index is 12.1. The molecule has 2 fully saturated rings. The quantitative estimate of drug-likeness (QED) is 0.828. The summed E-state index contributed by atoms with van der Waals surface area (Å²) in [5.74, 6) is -0.491. The zero-order valence-corrected chi connectivity index (χ0v) is 11.5. The van der Waals surface area contributed by atoms with Crippen LogP contribution in [0.1, 0.15) is 44.9 Å². The average Bonchev–Trinajstić information content (AvgIpc) is 2.46. The van der Waals surface area contributed by atoms with Gasteiger partial charge in [0.2, 0.25) is 11.8 Å². The Bertz CT molecular complexity index is 327. The number of hydrogen-bond donors (Lipinski definition) is 1. The summed E-state index contributed by atoms with van der Waals surface area (Å²) in [6.45, 7) is 1.33. The topological polar surface area (TPSA) is 72.6 Å². The molecular formula is C14H24N2O3. The first-order chi connectivity index (χ1) is 9.16. The minimum absolute atomic E-state index is 0.00322. The lowest BCUT2D eigenvalue weighted by molar-refractivity contribution is -0.141. The third kappa shape index (κ3) is 4.20. The molecule has 0 unspecified atom stereocenters. The molecule has 1 saturated heterocycles. The van der Waals surface area contributed by atoms with Crippen molar-refractivity contribution < 1.29 is 14.3 Å². The summed E-state index contributed by atoms with van der Waals surface area (Å²) in [6, 6.07) is 0. The number of carbonyl (C=O) groups excluding carboxylic acids is 2. The van der Waals surface area contributed by atoms with Gasteiger partial charge in [-0.15, -0.1) is 0 Å². The van der Waals surface area contributed by atoms with Crippen LogP contribution in [0.15, 0.2) is 0 Å². The van der Waals surface area contributed by atoms with Crippen LogP contribution in [0.25, 0.3) is 0 Å². The van der Waals surface area contributed by atoms with Crippen molar-refractivity contribution in [1.29, 1.82) is 0 Å². The van der Waals surface area contributed by atoms with Crippen LogP contribution in [0.5, 0.6) is 0 Å². The van der Waals surface area contributed by atoms with E-state index in [4.69, 9.17) is 10.5 Å². The fraction of sp³-hybridized carbons (Fsp3) is 0.857. The van der Waals surface area contributed by atoms with Gasteiger partial charge in [-0.2, -0.15) is 0 Å². The molecule has 0 aromatic heterocycles. The van der Waals surface area contributed by atoms with Crippen LogP contribution in [0.3, 0.4) is 0 Å². The second-order valence-corrected chi connectivity index (χ2v) is 5.65. The maximum Gasteiger partial charge on any atom is 0.248 e. The smallest absolute Gasteiger partial charge is 0.248 e. The minimum Gasteiger partial charge on any atom is -0.369 e. The lowest BCUT2D eigenvalue weighted by Gasteiger charge is -2.32. The van der Waals surface area contributed by atoms with E-state index >= 15 is 0 Å². The zero-order chi connectivity index (χ0) is 13.7. The van der Waals surface area contributed by atoms with Crippen LogP contribution in [0.2, 0.25) is 0 Å². The number of nitrogens with zero attached hydrogens (tertiary/aromatic N) is 1. The van der Waals surface area contributed by atoms with E-state index in [0.717, 1.165) is 32.2 Å². The second kappa shape index (κ2) is 6.89. The summed E-state index contributed by atoms with van der Waals surface area (Å²) in [6.07, 6.45) is 7.70. The minimum atomic E-state index is -0.300. The lowest BCUT2D eigenvalue weighted by atomic mass is 9.97. The molecule has 0 aromatic carbocycles. The first-order valence-corrected chi connectivity index (χ1v) is 7.35. The van der Waals surface area contributed by atoms with E-state index < -0.39 is 0 Å². The highest BCUT2D eigenvalue weighted by molar-refractivity contribution is 5.80. The first-order valence-electron chi connectivity index (χ1n) is 7.35. The Labute approximate surface area is 114 Å². The number of nitrogens with two attached hydrogens (primary N) is 1. The van der Waals surface area contributed by atoms with E-state index in [9.17, 15) is 9.59 Å². The number of ether oxygens (including phenoxy) is 1. The van der Waals surface area contributed by atoms with Crippen molar-refractivity contribution in [2.45, 2.75) is 51.0 Å². The van der Waals surface area contributed by atoms with E-state index in [1.54, 1.807) is 4.90 Å². The SMILES string of the molecule is NC(=O)[C@@H]1CCCN(C(=O)COC2CCCCC2)C1. The summed E-state index contributed by atoms with van der Waals surface area (Å²) < 4.78 is 5.69. The Morgan fingerprint density at radius 1 is 1.11 bits per heavy atom. The van der Waals surface area contributed by atoms with E-state index in [-0.39, 0.29) is 30.4 Å². The molecular weight excluding hydrogens is 244 g/mol. The average molecular weight is 268 g/mol. The lowest BCUT2D eigenvalue weighted by Crippen LogP contribution is -2.45. The fourth-order valence-corrected chi connectivity index (χ4v) is 2.95. The Kier molecular flexibility index (Phi) is 5.19. The monoisotopic (exact) mass is 268 g/mol. The molecule has 108 valence electrons. The standard InChI is InChI=1S/C14H24N2O3/c15-14(18)11-5-4-8-16(9-11)13(17)10-19-12-6-2-1-3-7-12/h11-12H,1-10H2,(H2,15,18)/t11-/m1/s1. The molecule has 0 radical (unpaired) electrons. The van der Waals surface area contributed by atoms with Crippen LogP contribution < -0.4 is 5.73 Å². The first kappa shape index (κ1) is 14.3. The van der Waals surface area contributed by atoms with E-state index in [0.29, 0.717) is 6.54 Å². The van der Waals surface area contributed by atoms with Crippen molar-refractivity contribution in [2.75, 3.05) is 19.7 Å². The number of rotatable bonds is 4. The van der Waals surface area contributed by atoms with Crippen molar-refractivity contribution in [3.63, 3.8) is 0 Å². The third-order valence-corrected chi connectivity index (χ3v) is 4.17. The second-order valence-electron chi connectivity index (χ2n) is 5.65. The molecule has 2 N–H and O–H groups in total. The van der Waals surface area contributed by atoms with Gasteiger partial charge < -0.3 is 15.4 Å². The summed E-state index contributed by atoms with van der Waals surface area (Å²) in [7, 11) is 0. The van der Waals surface area contributed by atoms with Crippen molar-refractivity contribution in [2.24, 2.45) is 11.7 Å². The molecule has 19 heavy (non-hydrogen) atoms. The molecule has 1 aliphatic carbocycles. The number of amides is 2. The predicted octanol–water partition coefficient (Wildman–Crippen LogP) is 1.06. The Morgan fingerprint density at radius 2 is 1.84 bits per heavy atom. The largest absolute Gasteiger partial charge is 0.369 e. The number of piperidine rings is 1. The molecule has 2 aliphatic rings. The van der Waals surface area contributed by atoms with Gasteiger partial charge in [0.15, 0.2) is 0 Å². The highest BCUT2D eigenvalue weighted by Crippen LogP contribution is 2.21. The molecule has 0 spiro atoms. The van der Waals surface area contributed by atoms with Gasteiger partial charge in [-0.1, -0.05) is 19.3 Å². The molecule has 1 atom stereocenters. The molecule has 1 heterocycles. The Balaban J connectivity index is 1.74. The van der Waals surface area contributed by atoms with E-state index in [1.165, 1.54) is 19.3 Å². The van der Waals surface area contributed by atoms with Crippen molar-refractivity contribution >= 4 is 11.8 Å². The Morgan fingerprint density at radius 3 is 2.53 bits per heavy atom. The van der Waals surface area contributed by atoms with Gasteiger partial charge in [-0.25, -0.2) is 0 Å².